The average Bonchev–Trinajstić information content (AvgIpc) is 2.34. The lowest BCUT2D eigenvalue weighted by molar-refractivity contribution is 0.371. The molecule has 0 saturated carbocycles. The van der Waals surface area contributed by atoms with Crippen molar-refractivity contribution in [3.8, 4) is 11.8 Å². The topological polar surface area (TPSA) is 47.5 Å². The maximum Gasteiger partial charge on any atom is 0.232 e. The van der Waals surface area contributed by atoms with E-state index in [0.29, 0.717) is 23.8 Å². The minimum atomic E-state index is 0.310. The molecular weight excluding hydrogens is 286 g/mol. The molecule has 0 saturated heterocycles. The van der Waals surface area contributed by atoms with E-state index in [0.717, 1.165) is 11.9 Å². The largest absolute Gasteiger partial charge is 0.481 e. The Labute approximate surface area is 110 Å². The molecule has 0 atom stereocenters. The van der Waals surface area contributed by atoms with Crippen molar-refractivity contribution in [1.29, 1.82) is 0 Å². The summed E-state index contributed by atoms with van der Waals surface area (Å²) in [5, 5.41) is 0.855. The minimum absolute atomic E-state index is 0.310. The van der Waals surface area contributed by atoms with Crippen LogP contribution in [0.4, 0.5) is 5.95 Å². The van der Waals surface area contributed by atoms with E-state index in [1.165, 1.54) is 0 Å². The highest BCUT2D eigenvalue weighted by Gasteiger charge is 2.15. The van der Waals surface area contributed by atoms with E-state index in [1.807, 2.05) is 0 Å². The lowest BCUT2D eigenvalue weighted by Gasteiger charge is -2.26. The summed E-state index contributed by atoms with van der Waals surface area (Å²) >= 11 is 3.43. The Balaban J connectivity index is 3.08. The SMILES string of the molecule is COc1cc(OC)nc(N(CCBr)C(C)C)n1. The molecule has 0 aliphatic carbocycles. The molecule has 1 aromatic rings. The second-order valence-corrected chi connectivity index (χ2v) is 4.52. The number of nitrogens with zero attached hydrogens (tertiary/aromatic N) is 3. The van der Waals surface area contributed by atoms with Crippen LogP contribution in [0.2, 0.25) is 0 Å². The third kappa shape index (κ3) is 3.73. The van der Waals surface area contributed by atoms with Gasteiger partial charge in [0.15, 0.2) is 0 Å². The second kappa shape index (κ2) is 6.64. The van der Waals surface area contributed by atoms with Gasteiger partial charge in [0.05, 0.1) is 20.3 Å². The van der Waals surface area contributed by atoms with Gasteiger partial charge in [-0.15, -0.1) is 0 Å². The molecule has 0 amide bonds. The molecule has 0 spiro atoms. The molecule has 6 heteroatoms. The lowest BCUT2D eigenvalue weighted by Crippen LogP contribution is -2.34. The van der Waals surface area contributed by atoms with Crippen molar-refractivity contribution < 1.29 is 9.47 Å². The molecule has 0 unspecified atom stereocenters. The summed E-state index contributed by atoms with van der Waals surface area (Å²) in [5.74, 6) is 1.63. The monoisotopic (exact) mass is 303 g/mol. The van der Waals surface area contributed by atoms with Crippen molar-refractivity contribution in [1.82, 2.24) is 9.97 Å². The van der Waals surface area contributed by atoms with Gasteiger partial charge in [-0.05, 0) is 13.8 Å². The number of methoxy groups -OCH3 is 2. The van der Waals surface area contributed by atoms with Gasteiger partial charge in [-0.3, -0.25) is 0 Å². The Morgan fingerprint density at radius 3 is 2.12 bits per heavy atom. The molecule has 0 aliphatic heterocycles. The van der Waals surface area contributed by atoms with Gasteiger partial charge in [0.2, 0.25) is 17.7 Å². The average molecular weight is 304 g/mol. The molecule has 96 valence electrons. The second-order valence-electron chi connectivity index (χ2n) is 3.73. The Bertz CT molecular complexity index is 338. The zero-order valence-electron chi connectivity index (χ0n) is 10.6. The smallest absolute Gasteiger partial charge is 0.232 e. The number of anilines is 1. The molecular formula is C11H18BrN3O2. The molecule has 0 bridgehead atoms. The highest BCUT2D eigenvalue weighted by atomic mass is 79.9. The van der Waals surface area contributed by atoms with E-state index < -0.39 is 0 Å². The van der Waals surface area contributed by atoms with Gasteiger partial charge < -0.3 is 14.4 Å². The van der Waals surface area contributed by atoms with Gasteiger partial charge in [0, 0.05) is 17.9 Å². The molecule has 0 fully saturated rings. The van der Waals surface area contributed by atoms with E-state index >= 15 is 0 Å². The van der Waals surface area contributed by atoms with Gasteiger partial charge in [-0.25, -0.2) is 0 Å². The van der Waals surface area contributed by atoms with Crippen molar-refractivity contribution in [2.45, 2.75) is 19.9 Å². The molecule has 5 nitrogen and oxygen atoms in total. The van der Waals surface area contributed by atoms with Crippen LogP contribution >= 0.6 is 15.9 Å². The van der Waals surface area contributed by atoms with E-state index in [4.69, 9.17) is 9.47 Å². The summed E-state index contributed by atoms with van der Waals surface area (Å²) < 4.78 is 10.3. The molecule has 17 heavy (non-hydrogen) atoms. The van der Waals surface area contributed by atoms with Crippen LogP contribution in [0.5, 0.6) is 11.8 Å². The van der Waals surface area contributed by atoms with Gasteiger partial charge in [0.25, 0.3) is 0 Å². The van der Waals surface area contributed by atoms with Crippen molar-refractivity contribution in [3.05, 3.63) is 6.07 Å². The normalized spacial score (nSPS) is 10.5. The fourth-order valence-corrected chi connectivity index (χ4v) is 1.79. The number of alkyl halides is 1. The van der Waals surface area contributed by atoms with Crippen LogP contribution in [0.1, 0.15) is 13.8 Å². The predicted octanol–water partition coefficient (Wildman–Crippen LogP) is 2.10. The van der Waals surface area contributed by atoms with Crippen molar-refractivity contribution in [3.63, 3.8) is 0 Å². The van der Waals surface area contributed by atoms with Crippen molar-refractivity contribution >= 4 is 21.9 Å². The van der Waals surface area contributed by atoms with Gasteiger partial charge >= 0.3 is 0 Å². The Morgan fingerprint density at radius 2 is 1.76 bits per heavy atom. The molecule has 0 radical (unpaired) electrons. The molecule has 1 rings (SSSR count). The third-order valence-electron chi connectivity index (χ3n) is 2.29. The van der Waals surface area contributed by atoms with E-state index in [-0.39, 0.29) is 0 Å². The number of hydrogen-bond acceptors (Lipinski definition) is 5. The first kappa shape index (κ1) is 14.0. The highest BCUT2D eigenvalue weighted by molar-refractivity contribution is 9.09. The van der Waals surface area contributed by atoms with Crippen LogP contribution in [-0.4, -0.2) is 42.1 Å². The Hall–Kier alpha value is -1.04. The van der Waals surface area contributed by atoms with Crippen molar-refractivity contribution in [2.75, 3.05) is 31.0 Å². The summed E-state index contributed by atoms with van der Waals surface area (Å²) in [5.41, 5.74) is 0. The summed E-state index contributed by atoms with van der Waals surface area (Å²) in [7, 11) is 3.16. The van der Waals surface area contributed by atoms with E-state index in [9.17, 15) is 0 Å². The van der Waals surface area contributed by atoms with Crippen LogP contribution < -0.4 is 14.4 Å². The molecule has 0 aliphatic rings. The number of ether oxygens (including phenoxy) is 2. The van der Waals surface area contributed by atoms with Gasteiger partial charge in [0.1, 0.15) is 0 Å². The summed E-state index contributed by atoms with van der Waals surface area (Å²) in [4.78, 5) is 10.7. The lowest BCUT2D eigenvalue weighted by atomic mass is 10.3. The first-order chi connectivity index (χ1) is 8.12. The zero-order chi connectivity index (χ0) is 12.8. The summed E-state index contributed by atoms with van der Waals surface area (Å²) in [6.07, 6.45) is 0. The number of halogens is 1. The van der Waals surface area contributed by atoms with Crippen LogP contribution in [0.3, 0.4) is 0 Å². The standard InChI is InChI=1S/C11H18BrN3O2/c1-8(2)15(6-5-12)11-13-9(16-3)7-10(14-11)17-4/h7-8H,5-6H2,1-4H3. The summed E-state index contributed by atoms with van der Waals surface area (Å²) in [6.45, 7) is 5.02. The van der Waals surface area contributed by atoms with Gasteiger partial charge in [-0.2, -0.15) is 9.97 Å². The third-order valence-corrected chi connectivity index (χ3v) is 2.65. The van der Waals surface area contributed by atoms with Crippen molar-refractivity contribution in [2.24, 2.45) is 0 Å². The fourth-order valence-electron chi connectivity index (χ4n) is 1.41. The van der Waals surface area contributed by atoms with Crippen LogP contribution in [0.25, 0.3) is 0 Å². The Kier molecular flexibility index (Phi) is 5.47. The minimum Gasteiger partial charge on any atom is -0.481 e. The molecule has 0 N–H and O–H groups in total. The first-order valence-corrected chi connectivity index (χ1v) is 6.54. The summed E-state index contributed by atoms with van der Waals surface area (Å²) in [6, 6.07) is 1.97. The number of aromatic nitrogens is 2. The maximum absolute atomic E-state index is 5.14. The van der Waals surface area contributed by atoms with E-state index in [2.05, 4.69) is 44.6 Å². The van der Waals surface area contributed by atoms with Crippen LogP contribution in [0, 0.1) is 0 Å². The Morgan fingerprint density at radius 1 is 1.24 bits per heavy atom. The molecule has 0 aromatic carbocycles. The molecule has 1 heterocycles. The van der Waals surface area contributed by atoms with Crippen LogP contribution in [-0.2, 0) is 0 Å². The number of rotatable bonds is 6. The zero-order valence-corrected chi connectivity index (χ0v) is 12.2. The van der Waals surface area contributed by atoms with E-state index in [1.54, 1.807) is 20.3 Å². The van der Waals surface area contributed by atoms with Crippen LogP contribution in [0.15, 0.2) is 6.07 Å². The molecule has 1 aromatic heterocycles. The predicted molar refractivity (Wildman–Crippen MR) is 71.4 cm³/mol. The van der Waals surface area contributed by atoms with Gasteiger partial charge in [-0.1, -0.05) is 15.9 Å². The number of hydrogen-bond donors (Lipinski definition) is 0. The fraction of sp³-hybridized carbons (Fsp3) is 0.636. The maximum atomic E-state index is 5.14. The highest BCUT2D eigenvalue weighted by Crippen LogP contribution is 2.21. The quantitative estimate of drug-likeness (QED) is 0.753. The first-order valence-electron chi connectivity index (χ1n) is 5.42.